The number of ketones is 1. The summed E-state index contributed by atoms with van der Waals surface area (Å²) in [5.74, 6) is -1.76. The molecule has 3 rings (SSSR count). The molecule has 0 bridgehead atoms. The first-order chi connectivity index (χ1) is 14.0. The summed E-state index contributed by atoms with van der Waals surface area (Å²) in [6.07, 6.45) is -0.777. The van der Waals surface area contributed by atoms with Crippen LogP contribution in [0, 0.1) is 0 Å². The van der Waals surface area contributed by atoms with Gasteiger partial charge in [0.25, 0.3) is 0 Å². The first-order valence-corrected chi connectivity index (χ1v) is 9.31. The molecule has 2 aromatic rings. The normalized spacial score (nSPS) is 15.8. The summed E-state index contributed by atoms with van der Waals surface area (Å²) in [7, 11) is 0. The number of amides is 2. The van der Waals surface area contributed by atoms with E-state index in [1.807, 2.05) is 6.07 Å². The van der Waals surface area contributed by atoms with Gasteiger partial charge in [0.2, 0.25) is 5.91 Å². The molecule has 7 nitrogen and oxygen atoms in total. The van der Waals surface area contributed by atoms with Crippen molar-refractivity contribution < 1.29 is 28.7 Å². The van der Waals surface area contributed by atoms with Crippen LogP contribution in [0.1, 0.15) is 28.8 Å². The Morgan fingerprint density at radius 2 is 1.69 bits per heavy atom. The molecular weight excluding hydrogens is 398 g/mol. The fourth-order valence-electron chi connectivity index (χ4n) is 2.88. The van der Waals surface area contributed by atoms with E-state index in [1.165, 1.54) is 12.1 Å². The van der Waals surface area contributed by atoms with Crippen molar-refractivity contribution in [3.63, 3.8) is 0 Å². The minimum atomic E-state index is -1.11. The van der Waals surface area contributed by atoms with Gasteiger partial charge >= 0.3 is 12.1 Å². The standard InChI is InChI=1S/C21H18ClNO6/c22-16-8-6-15(7-9-16)18(24)13-28-20(26)17-10-11-19(25)23(17)21(27)29-12-14-4-2-1-3-5-14/h1-9,17H,10-13H2/t17-/m1/s1. The predicted molar refractivity (Wildman–Crippen MR) is 103 cm³/mol. The predicted octanol–water partition coefficient (Wildman–Crippen LogP) is 3.39. The van der Waals surface area contributed by atoms with Gasteiger partial charge in [0.1, 0.15) is 12.6 Å². The quantitative estimate of drug-likeness (QED) is 0.530. The van der Waals surface area contributed by atoms with Crippen molar-refractivity contribution in [2.24, 2.45) is 0 Å². The highest BCUT2D eigenvalue weighted by atomic mass is 35.5. The van der Waals surface area contributed by atoms with Crippen LogP contribution >= 0.6 is 11.6 Å². The Hall–Kier alpha value is -3.19. The van der Waals surface area contributed by atoms with Crippen LogP contribution in [0.3, 0.4) is 0 Å². The van der Waals surface area contributed by atoms with Gasteiger partial charge in [0.05, 0.1) is 0 Å². The van der Waals surface area contributed by atoms with E-state index in [2.05, 4.69) is 0 Å². The van der Waals surface area contributed by atoms with Gasteiger partial charge in [-0.2, -0.15) is 0 Å². The fourth-order valence-corrected chi connectivity index (χ4v) is 3.00. The first kappa shape index (κ1) is 20.5. The van der Waals surface area contributed by atoms with E-state index in [0.717, 1.165) is 10.5 Å². The molecule has 1 aliphatic rings. The van der Waals surface area contributed by atoms with Crippen LogP contribution in [0.2, 0.25) is 5.02 Å². The van der Waals surface area contributed by atoms with Crippen molar-refractivity contribution in [3.8, 4) is 0 Å². The molecule has 1 fully saturated rings. The van der Waals surface area contributed by atoms with E-state index >= 15 is 0 Å². The zero-order valence-corrected chi connectivity index (χ0v) is 16.1. The smallest absolute Gasteiger partial charge is 0.417 e. The second-order valence-electron chi connectivity index (χ2n) is 6.40. The zero-order chi connectivity index (χ0) is 20.8. The number of carbonyl (C=O) groups is 4. The molecule has 0 unspecified atom stereocenters. The van der Waals surface area contributed by atoms with Crippen LogP contribution in [0.5, 0.6) is 0 Å². The Balaban J connectivity index is 1.57. The Morgan fingerprint density at radius 3 is 2.38 bits per heavy atom. The van der Waals surface area contributed by atoms with Crippen LogP contribution in [0.4, 0.5) is 4.79 Å². The van der Waals surface area contributed by atoms with Crippen molar-refractivity contribution in [1.82, 2.24) is 4.90 Å². The minimum Gasteiger partial charge on any atom is -0.456 e. The number of esters is 1. The number of hydrogen-bond donors (Lipinski definition) is 0. The maximum atomic E-state index is 12.4. The topological polar surface area (TPSA) is 90.0 Å². The third kappa shape index (κ3) is 5.20. The largest absolute Gasteiger partial charge is 0.456 e. The Labute approximate surface area is 172 Å². The van der Waals surface area contributed by atoms with Crippen molar-refractivity contribution in [3.05, 3.63) is 70.7 Å². The highest BCUT2D eigenvalue weighted by molar-refractivity contribution is 6.30. The van der Waals surface area contributed by atoms with Gasteiger partial charge in [-0.25, -0.2) is 14.5 Å². The number of hydrogen-bond acceptors (Lipinski definition) is 6. The van der Waals surface area contributed by atoms with E-state index in [0.29, 0.717) is 10.6 Å². The molecule has 1 heterocycles. The van der Waals surface area contributed by atoms with Gasteiger partial charge in [-0.05, 0) is 36.2 Å². The van der Waals surface area contributed by atoms with E-state index in [1.54, 1.807) is 36.4 Å². The average Bonchev–Trinajstić information content (AvgIpc) is 3.13. The maximum absolute atomic E-state index is 12.4. The fraction of sp³-hybridized carbons (Fsp3) is 0.238. The van der Waals surface area contributed by atoms with Crippen molar-refractivity contribution >= 4 is 35.4 Å². The summed E-state index contributed by atoms with van der Waals surface area (Å²) in [4.78, 5) is 49.7. The minimum absolute atomic E-state index is 0.0192. The number of nitrogens with zero attached hydrogens (tertiary/aromatic N) is 1. The first-order valence-electron chi connectivity index (χ1n) is 8.94. The van der Waals surface area contributed by atoms with Crippen molar-refractivity contribution in [1.29, 1.82) is 0 Å². The van der Waals surface area contributed by atoms with Gasteiger partial charge in [-0.1, -0.05) is 41.9 Å². The number of Topliss-reactive ketones (excluding diaryl/α,β-unsaturated/α-hetero) is 1. The monoisotopic (exact) mass is 415 g/mol. The lowest BCUT2D eigenvalue weighted by Gasteiger charge is -2.21. The second kappa shape index (κ2) is 9.34. The molecule has 0 aromatic heterocycles. The van der Waals surface area contributed by atoms with E-state index in [4.69, 9.17) is 21.1 Å². The molecule has 0 aliphatic carbocycles. The molecule has 150 valence electrons. The van der Waals surface area contributed by atoms with Gasteiger partial charge in [0.15, 0.2) is 12.4 Å². The molecular formula is C21H18ClNO6. The van der Waals surface area contributed by atoms with Crippen LogP contribution in [0.25, 0.3) is 0 Å². The number of likely N-dealkylation sites (tertiary alicyclic amines) is 1. The molecule has 1 aliphatic heterocycles. The van der Waals surface area contributed by atoms with Crippen LogP contribution in [0.15, 0.2) is 54.6 Å². The average molecular weight is 416 g/mol. The Bertz CT molecular complexity index is 913. The lowest BCUT2D eigenvalue weighted by atomic mass is 10.1. The van der Waals surface area contributed by atoms with Gasteiger partial charge in [-0.3, -0.25) is 9.59 Å². The SMILES string of the molecule is O=C(COC(=O)[C@H]1CCC(=O)N1C(=O)OCc1ccccc1)c1ccc(Cl)cc1. The summed E-state index contributed by atoms with van der Waals surface area (Å²) < 4.78 is 10.2. The van der Waals surface area contributed by atoms with Crippen LogP contribution in [-0.4, -0.2) is 41.3 Å². The number of ether oxygens (including phenoxy) is 2. The van der Waals surface area contributed by atoms with Gasteiger partial charge < -0.3 is 9.47 Å². The molecule has 0 saturated carbocycles. The third-order valence-corrected chi connectivity index (χ3v) is 4.65. The molecule has 2 aromatic carbocycles. The Kier molecular flexibility index (Phi) is 6.61. The van der Waals surface area contributed by atoms with Crippen molar-refractivity contribution in [2.45, 2.75) is 25.5 Å². The molecule has 1 atom stereocenters. The second-order valence-corrected chi connectivity index (χ2v) is 6.83. The van der Waals surface area contributed by atoms with E-state index in [-0.39, 0.29) is 19.4 Å². The van der Waals surface area contributed by atoms with Crippen LogP contribution < -0.4 is 0 Å². The highest BCUT2D eigenvalue weighted by Crippen LogP contribution is 2.22. The summed E-state index contributed by atoms with van der Waals surface area (Å²) in [6.45, 7) is -0.529. The molecule has 2 amide bonds. The van der Waals surface area contributed by atoms with Crippen LogP contribution in [-0.2, 0) is 25.7 Å². The molecule has 29 heavy (non-hydrogen) atoms. The molecule has 1 saturated heterocycles. The molecule has 0 spiro atoms. The third-order valence-electron chi connectivity index (χ3n) is 4.40. The Morgan fingerprint density at radius 1 is 1.00 bits per heavy atom. The molecule has 0 N–H and O–H groups in total. The number of rotatable bonds is 6. The number of benzene rings is 2. The molecule has 8 heteroatoms. The maximum Gasteiger partial charge on any atom is 0.417 e. The lowest BCUT2D eigenvalue weighted by molar-refractivity contribution is -0.149. The highest BCUT2D eigenvalue weighted by Gasteiger charge is 2.42. The summed E-state index contributed by atoms with van der Waals surface area (Å²) in [5.41, 5.74) is 1.09. The summed E-state index contributed by atoms with van der Waals surface area (Å²) in [6, 6.07) is 14.0. The van der Waals surface area contributed by atoms with Crippen molar-refractivity contribution in [2.75, 3.05) is 6.61 Å². The summed E-state index contributed by atoms with van der Waals surface area (Å²) in [5, 5.41) is 0.479. The summed E-state index contributed by atoms with van der Waals surface area (Å²) >= 11 is 5.78. The van der Waals surface area contributed by atoms with Gasteiger partial charge in [0, 0.05) is 17.0 Å². The van der Waals surface area contributed by atoms with E-state index in [9.17, 15) is 19.2 Å². The molecule has 0 radical (unpaired) electrons. The number of imide groups is 1. The number of halogens is 1. The lowest BCUT2D eigenvalue weighted by Crippen LogP contribution is -2.44. The van der Waals surface area contributed by atoms with Gasteiger partial charge in [-0.15, -0.1) is 0 Å². The number of carbonyl (C=O) groups excluding carboxylic acids is 4. The van der Waals surface area contributed by atoms with E-state index < -0.39 is 36.4 Å². The zero-order valence-electron chi connectivity index (χ0n) is 15.4.